The molecule has 2 atom stereocenters. The van der Waals surface area contributed by atoms with E-state index in [1.54, 1.807) is 11.3 Å². The van der Waals surface area contributed by atoms with E-state index >= 15 is 0 Å². The van der Waals surface area contributed by atoms with E-state index in [-0.39, 0.29) is 12.1 Å². The van der Waals surface area contributed by atoms with Gasteiger partial charge in [-0.1, -0.05) is 17.7 Å². The van der Waals surface area contributed by atoms with E-state index in [0.717, 1.165) is 37.6 Å². The van der Waals surface area contributed by atoms with Gasteiger partial charge in [0, 0.05) is 48.7 Å². The topological polar surface area (TPSA) is 26.7 Å². The number of halogens is 1. The van der Waals surface area contributed by atoms with Crippen LogP contribution < -0.4 is 0 Å². The van der Waals surface area contributed by atoms with Crippen molar-refractivity contribution in [2.45, 2.75) is 37.8 Å². The maximum absolute atomic E-state index is 9.36. The van der Waals surface area contributed by atoms with Gasteiger partial charge in [-0.3, -0.25) is 9.80 Å². The van der Waals surface area contributed by atoms with Crippen molar-refractivity contribution in [3.05, 3.63) is 56.7 Å². The van der Waals surface area contributed by atoms with E-state index < -0.39 is 0 Å². The average Bonchev–Trinajstić information content (AvgIpc) is 3.23. The van der Waals surface area contributed by atoms with Crippen molar-refractivity contribution in [1.82, 2.24) is 9.80 Å². The SMILES string of the molecule is CC1(C)CN([C@H]2C[C@H](c3ccsc3)c3ccc(Cl)cc32)CCN1CCO. The summed E-state index contributed by atoms with van der Waals surface area (Å²) in [6.45, 7) is 8.62. The van der Waals surface area contributed by atoms with Crippen molar-refractivity contribution in [2.75, 3.05) is 32.8 Å². The number of benzene rings is 1. The number of β-amino-alcohol motifs (C(OH)–C–C–N with tert-alkyl or cyclic N) is 1. The summed E-state index contributed by atoms with van der Waals surface area (Å²) in [7, 11) is 0. The molecule has 1 aliphatic carbocycles. The predicted octanol–water partition coefficient (Wildman–Crippen LogP) is 4.37. The number of aliphatic hydroxyl groups is 1. The van der Waals surface area contributed by atoms with Gasteiger partial charge < -0.3 is 5.11 Å². The van der Waals surface area contributed by atoms with Crippen LogP contribution in [0.15, 0.2) is 35.0 Å². The van der Waals surface area contributed by atoms with Gasteiger partial charge in [-0.2, -0.15) is 11.3 Å². The normalized spacial score (nSPS) is 26.2. The van der Waals surface area contributed by atoms with Crippen molar-refractivity contribution in [1.29, 1.82) is 0 Å². The Bertz CT molecular complexity index is 761. The van der Waals surface area contributed by atoms with Gasteiger partial charge in [0.1, 0.15) is 0 Å². The molecule has 26 heavy (non-hydrogen) atoms. The summed E-state index contributed by atoms with van der Waals surface area (Å²) in [5.74, 6) is 0.470. The summed E-state index contributed by atoms with van der Waals surface area (Å²) in [6.07, 6.45) is 1.13. The van der Waals surface area contributed by atoms with Gasteiger partial charge >= 0.3 is 0 Å². The second kappa shape index (κ2) is 7.25. The molecule has 2 aromatic rings. The molecule has 5 heteroatoms. The van der Waals surface area contributed by atoms with Crippen LogP contribution in [0.2, 0.25) is 5.02 Å². The second-order valence-electron chi connectivity index (χ2n) is 8.13. The lowest BCUT2D eigenvalue weighted by molar-refractivity contribution is -0.00898. The molecule has 1 aromatic carbocycles. The Balaban J connectivity index is 1.63. The van der Waals surface area contributed by atoms with Gasteiger partial charge in [-0.25, -0.2) is 0 Å². The van der Waals surface area contributed by atoms with Crippen molar-refractivity contribution in [3.63, 3.8) is 0 Å². The zero-order valence-corrected chi connectivity index (χ0v) is 17.1. The van der Waals surface area contributed by atoms with E-state index in [9.17, 15) is 5.11 Å². The molecule has 0 saturated carbocycles. The number of hydrogen-bond acceptors (Lipinski definition) is 4. The highest BCUT2D eigenvalue weighted by Crippen LogP contribution is 2.48. The van der Waals surface area contributed by atoms with Gasteiger partial charge in [-0.05, 0) is 65.9 Å². The Hall–Kier alpha value is -0.910. The third-order valence-electron chi connectivity index (χ3n) is 6.10. The van der Waals surface area contributed by atoms with Crippen molar-refractivity contribution in [3.8, 4) is 0 Å². The molecule has 3 nitrogen and oxygen atoms in total. The number of hydrogen-bond donors (Lipinski definition) is 1. The van der Waals surface area contributed by atoms with Crippen molar-refractivity contribution in [2.24, 2.45) is 0 Å². The minimum atomic E-state index is 0.0696. The maximum Gasteiger partial charge on any atom is 0.0558 e. The Morgan fingerprint density at radius 3 is 2.77 bits per heavy atom. The summed E-state index contributed by atoms with van der Waals surface area (Å²) >= 11 is 8.14. The summed E-state index contributed by atoms with van der Waals surface area (Å²) in [6, 6.07) is 9.13. The molecular formula is C21H27ClN2OS. The molecule has 0 spiro atoms. The van der Waals surface area contributed by atoms with E-state index in [2.05, 4.69) is 52.6 Å². The predicted molar refractivity (Wildman–Crippen MR) is 109 cm³/mol. The minimum absolute atomic E-state index is 0.0696. The summed E-state index contributed by atoms with van der Waals surface area (Å²) < 4.78 is 0. The fourth-order valence-corrected chi connectivity index (χ4v) is 5.69. The molecule has 0 bridgehead atoms. The second-order valence-corrected chi connectivity index (χ2v) is 9.34. The van der Waals surface area contributed by atoms with E-state index in [4.69, 9.17) is 11.6 Å². The zero-order chi connectivity index (χ0) is 18.3. The quantitative estimate of drug-likeness (QED) is 0.839. The summed E-state index contributed by atoms with van der Waals surface area (Å²) in [5, 5.41) is 14.7. The largest absolute Gasteiger partial charge is 0.395 e. The standard InChI is InChI=1S/C21H27ClN2OS/c1-21(2)14-23(6-7-24(21)8-9-25)20-12-18(15-5-10-26-13-15)17-4-3-16(22)11-19(17)20/h3-5,10-11,13,18,20,25H,6-9,12,14H2,1-2H3/t18-,20+/m1/s1. The lowest BCUT2D eigenvalue weighted by atomic mass is 9.94. The van der Waals surface area contributed by atoms with E-state index in [0.29, 0.717) is 12.0 Å². The molecule has 0 unspecified atom stereocenters. The highest BCUT2D eigenvalue weighted by atomic mass is 35.5. The summed E-state index contributed by atoms with van der Waals surface area (Å²) in [5.41, 5.74) is 4.34. The van der Waals surface area contributed by atoms with Crippen molar-refractivity contribution >= 4 is 22.9 Å². The number of nitrogens with zero attached hydrogens (tertiary/aromatic N) is 2. The molecule has 0 amide bonds. The van der Waals surface area contributed by atoms with Crippen LogP contribution >= 0.6 is 22.9 Å². The number of rotatable bonds is 4. The van der Waals surface area contributed by atoms with Gasteiger partial charge in [0.15, 0.2) is 0 Å². The molecule has 0 radical (unpaired) electrons. The van der Waals surface area contributed by atoms with Crippen LogP contribution in [0.3, 0.4) is 0 Å². The first-order chi connectivity index (χ1) is 12.5. The molecule has 1 saturated heterocycles. The molecule has 1 aromatic heterocycles. The van der Waals surface area contributed by atoms with Crippen LogP contribution in [0.25, 0.3) is 0 Å². The Morgan fingerprint density at radius 2 is 2.08 bits per heavy atom. The molecule has 1 fully saturated rings. The first-order valence-corrected chi connectivity index (χ1v) is 10.7. The molecule has 2 aliphatic rings. The van der Waals surface area contributed by atoms with Crippen LogP contribution in [-0.2, 0) is 0 Å². The number of aliphatic hydroxyl groups excluding tert-OH is 1. The first kappa shape index (κ1) is 18.5. The number of thiophene rings is 1. The van der Waals surface area contributed by atoms with E-state index in [1.165, 1.54) is 16.7 Å². The molecular weight excluding hydrogens is 364 g/mol. The van der Waals surface area contributed by atoms with Crippen LogP contribution in [0.4, 0.5) is 0 Å². The maximum atomic E-state index is 9.36. The van der Waals surface area contributed by atoms with Crippen LogP contribution in [0.5, 0.6) is 0 Å². The summed E-state index contributed by atoms with van der Waals surface area (Å²) in [4.78, 5) is 5.04. The zero-order valence-electron chi connectivity index (χ0n) is 15.5. The Morgan fingerprint density at radius 1 is 1.23 bits per heavy atom. The van der Waals surface area contributed by atoms with E-state index in [1.807, 2.05) is 6.07 Å². The number of piperazine rings is 1. The minimum Gasteiger partial charge on any atom is -0.395 e. The fraction of sp³-hybridized carbons (Fsp3) is 0.524. The monoisotopic (exact) mass is 390 g/mol. The third-order valence-corrected chi connectivity index (χ3v) is 7.04. The fourth-order valence-electron chi connectivity index (χ4n) is 4.79. The Kier molecular flexibility index (Phi) is 5.15. The van der Waals surface area contributed by atoms with Gasteiger partial charge in [0.25, 0.3) is 0 Å². The lowest BCUT2D eigenvalue weighted by Crippen LogP contribution is -2.60. The van der Waals surface area contributed by atoms with Crippen LogP contribution in [-0.4, -0.2) is 53.2 Å². The Labute approximate surface area is 165 Å². The average molecular weight is 391 g/mol. The molecule has 1 aliphatic heterocycles. The smallest absolute Gasteiger partial charge is 0.0558 e. The molecule has 2 heterocycles. The third kappa shape index (κ3) is 3.34. The van der Waals surface area contributed by atoms with Gasteiger partial charge in [0.05, 0.1) is 6.61 Å². The molecule has 140 valence electrons. The first-order valence-electron chi connectivity index (χ1n) is 9.41. The van der Waals surface area contributed by atoms with Crippen LogP contribution in [0.1, 0.15) is 48.9 Å². The molecule has 4 rings (SSSR count). The van der Waals surface area contributed by atoms with Gasteiger partial charge in [-0.15, -0.1) is 0 Å². The lowest BCUT2D eigenvalue weighted by Gasteiger charge is -2.49. The highest BCUT2D eigenvalue weighted by Gasteiger charge is 2.41. The van der Waals surface area contributed by atoms with Crippen molar-refractivity contribution < 1.29 is 5.11 Å². The van der Waals surface area contributed by atoms with Gasteiger partial charge in [0.2, 0.25) is 0 Å². The van der Waals surface area contributed by atoms with Crippen LogP contribution in [0, 0.1) is 0 Å². The number of fused-ring (bicyclic) bond motifs is 1. The highest BCUT2D eigenvalue weighted by molar-refractivity contribution is 7.08. The molecule has 1 N–H and O–H groups in total.